The van der Waals surface area contributed by atoms with Gasteiger partial charge in [0.2, 0.25) is 5.82 Å². The molecular weight excluding hydrogens is 490 g/mol. The van der Waals surface area contributed by atoms with E-state index in [-0.39, 0.29) is 0 Å². The SMILES string of the molecule is CCCCc1nc(Cl)c(CN2CCC[C@H]2C(=O)O)n1Cc1ccc(-c2ccccc2-c2nn[nH]n2)cc1. The van der Waals surface area contributed by atoms with Gasteiger partial charge >= 0.3 is 5.97 Å². The maximum absolute atomic E-state index is 11.7. The predicted molar refractivity (Wildman–Crippen MR) is 141 cm³/mol. The molecule has 4 aromatic rings. The Bertz CT molecular complexity index is 1350. The monoisotopic (exact) mass is 519 g/mol. The lowest BCUT2D eigenvalue weighted by molar-refractivity contribution is -0.142. The molecule has 1 atom stereocenters. The van der Waals surface area contributed by atoms with E-state index in [1.165, 1.54) is 0 Å². The maximum atomic E-state index is 11.7. The minimum Gasteiger partial charge on any atom is -0.480 e. The fraction of sp³-hybridized carbons (Fsp3) is 0.370. The number of halogens is 1. The van der Waals surface area contributed by atoms with Gasteiger partial charge in [-0.25, -0.2) is 4.98 Å². The Morgan fingerprint density at radius 3 is 2.62 bits per heavy atom. The largest absolute Gasteiger partial charge is 0.480 e. The molecular formula is C27H30ClN7O2. The summed E-state index contributed by atoms with van der Waals surface area (Å²) < 4.78 is 2.18. The molecule has 9 nitrogen and oxygen atoms in total. The van der Waals surface area contributed by atoms with Gasteiger partial charge in [-0.05, 0) is 47.7 Å². The Hall–Kier alpha value is -3.56. The molecule has 0 unspecified atom stereocenters. The van der Waals surface area contributed by atoms with Crippen LogP contribution in [-0.4, -0.2) is 58.7 Å². The fourth-order valence-corrected chi connectivity index (χ4v) is 5.29. The van der Waals surface area contributed by atoms with Gasteiger partial charge in [-0.15, -0.1) is 10.2 Å². The van der Waals surface area contributed by atoms with Gasteiger partial charge in [0.05, 0.1) is 5.69 Å². The van der Waals surface area contributed by atoms with E-state index in [9.17, 15) is 9.90 Å². The molecule has 0 saturated carbocycles. The molecule has 2 aromatic carbocycles. The second kappa shape index (κ2) is 11.2. The summed E-state index contributed by atoms with van der Waals surface area (Å²) in [6, 6.07) is 15.9. The van der Waals surface area contributed by atoms with Crippen molar-refractivity contribution in [3.63, 3.8) is 0 Å². The number of aliphatic carboxylic acids is 1. The van der Waals surface area contributed by atoms with Crippen LogP contribution in [0, 0.1) is 0 Å². The van der Waals surface area contributed by atoms with E-state index in [0.29, 0.717) is 30.5 Å². The van der Waals surface area contributed by atoms with E-state index >= 15 is 0 Å². The van der Waals surface area contributed by atoms with Crippen LogP contribution >= 0.6 is 11.6 Å². The number of hydrogen-bond donors (Lipinski definition) is 2. The lowest BCUT2D eigenvalue weighted by Crippen LogP contribution is -2.36. The van der Waals surface area contributed by atoms with Crippen LogP contribution in [0.15, 0.2) is 48.5 Å². The number of carboxylic acids is 1. The molecule has 0 spiro atoms. The topological polar surface area (TPSA) is 113 Å². The predicted octanol–water partition coefficient (Wildman–Crippen LogP) is 4.82. The van der Waals surface area contributed by atoms with Gasteiger partial charge in [0.25, 0.3) is 0 Å². The summed E-state index contributed by atoms with van der Waals surface area (Å²) in [6.45, 7) is 4.00. The molecule has 10 heteroatoms. The first kappa shape index (κ1) is 25.1. The van der Waals surface area contributed by atoms with Crippen LogP contribution in [0.3, 0.4) is 0 Å². The number of carboxylic acid groups (broad SMARTS) is 1. The lowest BCUT2D eigenvalue weighted by atomic mass is 9.98. The van der Waals surface area contributed by atoms with Crippen LogP contribution in [0.25, 0.3) is 22.5 Å². The first-order valence-electron chi connectivity index (χ1n) is 12.7. The van der Waals surface area contributed by atoms with E-state index in [2.05, 4.69) is 56.4 Å². The molecule has 0 aliphatic carbocycles. The van der Waals surface area contributed by atoms with Crippen molar-refractivity contribution < 1.29 is 9.90 Å². The van der Waals surface area contributed by atoms with Gasteiger partial charge in [-0.1, -0.05) is 73.5 Å². The van der Waals surface area contributed by atoms with Gasteiger partial charge in [-0.3, -0.25) is 9.69 Å². The summed E-state index contributed by atoms with van der Waals surface area (Å²) in [5.74, 6) is 0.724. The zero-order valence-corrected chi connectivity index (χ0v) is 21.5. The highest BCUT2D eigenvalue weighted by Crippen LogP contribution is 2.31. The average molecular weight is 520 g/mol. The van der Waals surface area contributed by atoms with Crippen molar-refractivity contribution in [1.82, 2.24) is 35.1 Å². The number of carbonyl (C=O) groups is 1. The number of nitrogens with zero attached hydrogens (tertiary/aromatic N) is 6. The highest BCUT2D eigenvalue weighted by atomic mass is 35.5. The van der Waals surface area contributed by atoms with Crippen molar-refractivity contribution in [3.8, 4) is 22.5 Å². The third kappa shape index (κ3) is 5.42. The van der Waals surface area contributed by atoms with Gasteiger partial charge in [-0.2, -0.15) is 5.21 Å². The van der Waals surface area contributed by atoms with Crippen molar-refractivity contribution in [2.24, 2.45) is 0 Å². The smallest absolute Gasteiger partial charge is 0.320 e. The number of tetrazole rings is 1. The Kier molecular flexibility index (Phi) is 7.62. The standard InChI is InChI=1S/C27H30ClN7O2/c1-2-3-10-24-29-25(28)23(17-34-15-6-9-22(34)27(36)37)35(24)16-18-11-13-19(14-12-18)20-7-4-5-8-21(20)26-30-32-33-31-26/h4-5,7-8,11-14,22H,2-3,6,9-10,15-17H2,1H3,(H,36,37)(H,30,31,32,33)/t22-/m0/s1. The molecule has 0 amide bonds. The average Bonchev–Trinajstić information content (AvgIpc) is 3.66. The summed E-state index contributed by atoms with van der Waals surface area (Å²) >= 11 is 6.65. The number of nitrogens with one attached hydrogen (secondary N) is 1. The van der Waals surface area contributed by atoms with E-state index in [1.807, 2.05) is 29.2 Å². The normalized spacial score (nSPS) is 15.9. The highest BCUT2D eigenvalue weighted by Gasteiger charge is 2.32. The summed E-state index contributed by atoms with van der Waals surface area (Å²) in [4.78, 5) is 18.4. The summed E-state index contributed by atoms with van der Waals surface area (Å²) in [5, 5.41) is 24.6. The van der Waals surface area contributed by atoms with Crippen molar-refractivity contribution in [1.29, 1.82) is 0 Å². The van der Waals surface area contributed by atoms with Crippen LogP contribution in [0.2, 0.25) is 5.15 Å². The number of unbranched alkanes of at least 4 members (excludes halogenated alkanes) is 1. The molecule has 192 valence electrons. The Labute approximate surface area is 220 Å². The van der Waals surface area contributed by atoms with Crippen LogP contribution in [-0.2, 0) is 24.3 Å². The van der Waals surface area contributed by atoms with Gasteiger partial charge in [0.1, 0.15) is 11.9 Å². The minimum atomic E-state index is -0.775. The van der Waals surface area contributed by atoms with Crippen LogP contribution in [0.1, 0.15) is 49.7 Å². The molecule has 1 aliphatic rings. The summed E-state index contributed by atoms with van der Waals surface area (Å²) in [7, 11) is 0. The van der Waals surface area contributed by atoms with E-state index in [1.54, 1.807) is 0 Å². The number of H-pyrrole nitrogens is 1. The Morgan fingerprint density at radius 1 is 1.14 bits per heavy atom. The number of aryl methyl sites for hydroxylation is 1. The van der Waals surface area contributed by atoms with Crippen molar-refractivity contribution in [2.45, 2.75) is 58.2 Å². The second-order valence-electron chi connectivity index (χ2n) is 9.40. The number of likely N-dealkylation sites (tertiary alicyclic amines) is 1. The quantitative estimate of drug-likeness (QED) is 0.308. The second-order valence-corrected chi connectivity index (χ2v) is 9.76. The molecule has 2 aromatic heterocycles. The molecule has 0 bridgehead atoms. The van der Waals surface area contributed by atoms with E-state index in [0.717, 1.165) is 66.0 Å². The molecule has 2 N–H and O–H groups in total. The summed E-state index contributed by atoms with van der Waals surface area (Å²) in [5.41, 5.74) is 4.99. The summed E-state index contributed by atoms with van der Waals surface area (Å²) in [6.07, 6.45) is 4.44. The first-order valence-corrected chi connectivity index (χ1v) is 13.1. The number of imidazole rings is 1. The third-order valence-corrected chi connectivity index (χ3v) is 7.28. The molecule has 1 fully saturated rings. The van der Waals surface area contributed by atoms with Gasteiger partial charge < -0.3 is 9.67 Å². The fourth-order valence-electron chi connectivity index (χ4n) is 5.03. The lowest BCUT2D eigenvalue weighted by Gasteiger charge is -2.22. The number of benzene rings is 2. The first-order chi connectivity index (χ1) is 18.0. The highest BCUT2D eigenvalue weighted by molar-refractivity contribution is 6.30. The Morgan fingerprint density at radius 2 is 1.92 bits per heavy atom. The number of rotatable bonds is 10. The van der Waals surface area contributed by atoms with Crippen molar-refractivity contribution in [3.05, 3.63) is 70.8 Å². The van der Waals surface area contributed by atoms with Gasteiger partial charge in [0.15, 0.2) is 5.15 Å². The Balaban J connectivity index is 1.43. The third-order valence-electron chi connectivity index (χ3n) is 6.98. The van der Waals surface area contributed by atoms with Crippen LogP contribution in [0.5, 0.6) is 0 Å². The van der Waals surface area contributed by atoms with Gasteiger partial charge in [0, 0.05) is 25.1 Å². The minimum absolute atomic E-state index is 0.466. The molecule has 0 radical (unpaired) electrons. The maximum Gasteiger partial charge on any atom is 0.320 e. The number of hydrogen-bond acceptors (Lipinski definition) is 6. The number of aromatic nitrogens is 6. The zero-order valence-electron chi connectivity index (χ0n) is 20.8. The molecule has 37 heavy (non-hydrogen) atoms. The van der Waals surface area contributed by atoms with Crippen molar-refractivity contribution >= 4 is 17.6 Å². The molecule has 1 aliphatic heterocycles. The molecule has 1 saturated heterocycles. The van der Waals surface area contributed by atoms with E-state index in [4.69, 9.17) is 16.6 Å². The van der Waals surface area contributed by atoms with E-state index < -0.39 is 12.0 Å². The zero-order chi connectivity index (χ0) is 25.8. The van der Waals surface area contributed by atoms with Crippen LogP contribution in [0.4, 0.5) is 0 Å². The number of aromatic amines is 1. The van der Waals surface area contributed by atoms with Crippen LogP contribution < -0.4 is 0 Å². The molecule has 5 rings (SSSR count). The van der Waals surface area contributed by atoms with Crippen molar-refractivity contribution in [2.75, 3.05) is 6.54 Å². The molecule has 3 heterocycles.